The molecular formula is C13H15N3O3. The Morgan fingerprint density at radius 3 is 2.37 bits per heavy atom. The Labute approximate surface area is 111 Å². The average Bonchev–Trinajstić information content (AvgIpc) is 2.37. The van der Waals surface area contributed by atoms with Crippen molar-refractivity contribution < 1.29 is 14.7 Å². The van der Waals surface area contributed by atoms with Crippen molar-refractivity contribution >= 4 is 23.8 Å². The molecule has 0 spiro atoms. The largest absolute Gasteiger partial charge is 0.478 e. The molecule has 0 unspecified atom stereocenters. The summed E-state index contributed by atoms with van der Waals surface area (Å²) in [6.07, 6.45) is 3.12. The zero-order chi connectivity index (χ0) is 14.3. The fourth-order valence-electron chi connectivity index (χ4n) is 1.21. The molecule has 2 N–H and O–H groups in total. The van der Waals surface area contributed by atoms with Crippen LogP contribution in [-0.2, 0) is 9.59 Å². The van der Waals surface area contributed by atoms with Gasteiger partial charge in [-0.25, -0.2) is 10.2 Å². The van der Waals surface area contributed by atoms with Crippen molar-refractivity contribution in [2.24, 2.45) is 5.10 Å². The lowest BCUT2D eigenvalue weighted by atomic mass is 10.2. The van der Waals surface area contributed by atoms with Crippen LogP contribution in [0.3, 0.4) is 0 Å². The lowest BCUT2D eigenvalue weighted by Gasteiger charge is -2.11. The van der Waals surface area contributed by atoms with Gasteiger partial charge in [0.1, 0.15) is 0 Å². The van der Waals surface area contributed by atoms with Gasteiger partial charge in [-0.3, -0.25) is 4.79 Å². The lowest BCUT2D eigenvalue weighted by molar-refractivity contribution is -0.131. The second-order valence-electron chi connectivity index (χ2n) is 3.89. The van der Waals surface area contributed by atoms with Crippen LogP contribution in [0.4, 0.5) is 5.69 Å². The quantitative estimate of drug-likeness (QED) is 0.467. The van der Waals surface area contributed by atoms with Crippen molar-refractivity contribution in [1.82, 2.24) is 5.43 Å². The number of nitrogens with zero attached hydrogens (tertiary/aromatic N) is 2. The van der Waals surface area contributed by atoms with E-state index in [-0.39, 0.29) is 0 Å². The van der Waals surface area contributed by atoms with E-state index in [1.165, 1.54) is 6.21 Å². The van der Waals surface area contributed by atoms with E-state index in [0.717, 1.165) is 23.4 Å². The van der Waals surface area contributed by atoms with Gasteiger partial charge in [0.05, 0.1) is 6.21 Å². The minimum absolute atomic E-state index is 0.594. The van der Waals surface area contributed by atoms with E-state index in [1.54, 1.807) is 0 Å². The Morgan fingerprint density at radius 2 is 1.84 bits per heavy atom. The highest BCUT2D eigenvalue weighted by Gasteiger charge is 1.95. The number of amides is 1. The van der Waals surface area contributed by atoms with Gasteiger partial charge in [0.2, 0.25) is 0 Å². The summed E-state index contributed by atoms with van der Waals surface area (Å²) in [7, 11) is 3.89. The van der Waals surface area contributed by atoms with E-state index >= 15 is 0 Å². The maximum absolute atomic E-state index is 11.1. The summed E-state index contributed by atoms with van der Waals surface area (Å²) in [4.78, 5) is 23.2. The van der Waals surface area contributed by atoms with E-state index in [1.807, 2.05) is 43.3 Å². The number of carboxylic acid groups (broad SMARTS) is 1. The number of carbonyl (C=O) groups excluding carboxylic acids is 1. The maximum atomic E-state index is 11.1. The molecule has 1 aromatic carbocycles. The van der Waals surface area contributed by atoms with Gasteiger partial charge in [-0.1, -0.05) is 12.1 Å². The minimum Gasteiger partial charge on any atom is -0.478 e. The monoisotopic (exact) mass is 261 g/mol. The molecule has 19 heavy (non-hydrogen) atoms. The topological polar surface area (TPSA) is 82.0 Å². The number of carbonyl (C=O) groups is 2. The van der Waals surface area contributed by atoms with E-state index < -0.39 is 11.9 Å². The summed E-state index contributed by atoms with van der Waals surface area (Å²) >= 11 is 0. The van der Waals surface area contributed by atoms with Gasteiger partial charge < -0.3 is 10.0 Å². The van der Waals surface area contributed by atoms with E-state index in [0.29, 0.717) is 0 Å². The van der Waals surface area contributed by atoms with Gasteiger partial charge in [-0.2, -0.15) is 5.10 Å². The number of aliphatic carboxylic acids is 1. The molecule has 0 heterocycles. The van der Waals surface area contributed by atoms with Gasteiger partial charge in [-0.05, 0) is 17.7 Å². The van der Waals surface area contributed by atoms with Crippen molar-refractivity contribution in [3.63, 3.8) is 0 Å². The van der Waals surface area contributed by atoms with Crippen LogP contribution in [0.15, 0.2) is 41.5 Å². The van der Waals surface area contributed by atoms with E-state index in [4.69, 9.17) is 5.11 Å². The van der Waals surface area contributed by atoms with Crippen LogP contribution < -0.4 is 10.3 Å². The highest BCUT2D eigenvalue weighted by Crippen LogP contribution is 2.10. The van der Waals surface area contributed by atoms with Gasteiger partial charge in [0.25, 0.3) is 5.91 Å². The molecule has 1 rings (SSSR count). The van der Waals surface area contributed by atoms with Gasteiger partial charge in [0.15, 0.2) is 0 Å². The lowest BCUT2D eigenvalue weighted by Crippen LogP contribution is -2.14. The first-order valence-corrected chi connectivity index (χ1v) is 5.50. The summed E-state index contributed by atoms with van der Waals surface area (Å²) in [5, 5.41) is 12.0. The van der Waals surface area contributed by atoms with Gasteiger partial charge in [-0.15, -0.1) is 0 Å². The Balaban J connectivity index is 2.53. The number of hydrazone groups is 1. The van der Waals surface area contributed by atoms with E-state index in [2.05, 4.69) is 10.5 Å². The molecule has 0 saturated carbocycles. The highest BCUT2D eigenvalue weighted by atomic mass is 16.4. The van der Waals surface area contributed by atoms with Crippen LogP contribution in [0.5, 0.6) is 0 Å². The summed E-state index contributed by atoms with van der Waals surface area (Å²) in [5.41, 5.74) is 4.08. The third-order valence-corrected chi connectivity index (χ3v) is 2.18. The van der Waals surface area contributed by atoms with Gasteiger partial charge in [0, 0.05) is 31.9 Å². The van der Waals surface area contributed by atoms with Crippen molar-refractivity contribution in [2.45, 2.75) is 0 Å². The number of rotatable bonds is 5. The predicted octanol–water partition coefficient (Wildman–Crippen LogP) is 0.843. The van der Waals surface area contributed by atoms with Crippen molar-refractivity contribution in [1.29, 1.82) is 0 Å². The average molecular weight is 261 g/mol. The Kier molecular flexibility index (Phi) is 5.28. The maximum Gasteiger partial charge on any atom is 0.328 e. The molecule has 0 aliphatic carbocycles. The Bertz CT molecular complexity index is 504. The van der Waals surface area contributed by atoms with Crippen molar-refractivity contribution in [2.75, 3.05) is 19.0 Å². The summed E-state index contributed by atoms with van der Waals surface area (Å²) in [6.45, 7) is 0. The first-order valence-electron chi connectivity index (χ1n) is 5.50. The molecule has 6 heteroatoms. The molecule has 0 bridgehead atoms. The molecule has 1 amide bonds. The normalized spacial score (nSPS) is 10.8. The number of benzene rings is 1. The summed E-state index contributed by atoms with van der Waals surface area (Å²) in [6, 6.07) is 7.57. The third kappa shape index (κ3) is 5.49. The molecule has 0 aliphatic heterocycles. The molecule has 1 aromatic rings. The number of anilines is 1. The highest BCUT2D eigenvalue weighted by molar-refractivity contribution is 5.94. The van der Waals surface area contributed by atoms with E-state index in [9.17, 15) is 9.59 Å². The molecule has 0 aliphatic rings. The third-order valence-electron chi connectivity index (χ3n) is 2.18. The molecular weight excluding hydrogens is 246 g/mol. The molecule has 0 atom stereocenters. The Morgan fingerprint density at radius 1 is 1.21 bits per heavy atom. The molecule has 0 saturated heterocycles. The van der Waals surface area contributed by atoms with Crippen molar-refractivity contribution in [3.05, 3.63) is 42.0 Å². The molecule has 100 valence electrons. The summed E-state index contributed by atoms with van der Waals surface area (Å²) in [5.74, 6) is -1.78. The zero-order valence-corrected chi connectivity index (χ0v) is 10.7. The van der Waals surface area contributed by atoms with Crippen LogP contribution in [0.2, 0.25) is 0 Å². The van der Waals surface area contributed by atoms with Gasteiger partial charge >= 0.3 is 5.97 Å². The molecule has 6 nitrogen and oxygen atoms in total. The molecule has 0 aromatic heterocycles. The zero-order valence-electron chi connectivity index (χ0n) is 10.7. The summed E-state index contributed by atoms with van der Waals surface area (Å²) < 4.78 is 0. The smallest absolute Gasteiger partial charge is 0.328 e. The Hall–Kier alpha value is -2.63. The first kappa shape index (κ1) is 14.4. The van der Waals surface area contributed by atoms with Crippen LogP contribution in [0, 0.1) is 0 Å². The predicted molar refractivity (Wildman–Crippen MR) is 73.3 cm³/mol. The second kappa shape index (κ2) is 6.95. The van der Waals surface area contributed by atoms with Crippen molar-refractivity contribution in [3.8, 4) is 0 Å². The molecule has 0 fully saturated rings. The van der Waals surface area contributed by atoms with Crippen LogP contribution >= 0.6 is 0 Å². The standard InChI is InChI=1S/C13H15N3O3/c1-16(2)11-5-3-10(4-6-11)9-14-15-12(17)7-8-13(18)19/h3-9H,1-2H3,(H,15,17)(H,18,19). The van der Waals surface area contributed by atoms with Crippen LogP contribution in [0.25, 0.3) is 0 Å². The fourth-order valence-corrected chi connectivity index (χ4v) is 1.21. The SMILES string of the molecule is CN(C)c1ccc(C=NNC(=O)C=CC(=O)O)cc1. The van der Waals surface area contributed by atoms with Crippen LogP contribution in [-0.4, -0.2) is 37.3 Å². The number of hydrogen-bond donors (Lipinski definition) is 2. The second-order valence-corrected chi connectivity index (χ2v) is 3.89. The van der Waals surface area contributed by atoms with Crippen LogP contribution in [0.1, 0.15) is 5.56 Å². The number of hydrogen-bond acceptors (Lipinski definition) is 4. The fraction of sp³-hybridized carbons (Fsp3) is 0.154. The minimum atomic E-state index is -1.18. The number of carboxylic acids is 1. The number of nitrogens with one attached hydrogen (secondary N) is 1. The molecule has 0 radical (unpaired) electrons. The first-order chi connectivity index (χ1) is 8.99.